The summed E-state index contributed by atoms with van der Waals surface area (Å²) in [5.41, 5.74) is 6.11. The molecular weight excluding hydrogens is 338 g/mol. The number of carbonyl (C=O) groups is 1. The monoisotopic (exact) mass is 355 g/mol. The number of nitrogens with zero attached hydrogens (tertiary/aromatic N) is 2. The van der Waals surface area contributed by atoms with Crippen LogP contribution in [-0.4, -0.2) is 15.8 Å². The fraction of sp³-hybridized carbons (Fsp3) is 0.136. The van der Waals surface area contributed by atoms with Crippen LogP contribution in [0.3, 0.4) is 0 Å². The second-order valence-corrected chi connectivity index (χ2v) is 6.76. The zero-order valence-corrected chi connectivity index (χ0v) is 14.8. The number of pyridine rings is 2. The van der Waals surface area contributed by atoms with Crippen molar-refractivity contribution in [2.75, 3.05) is 5.32 Å². The molecular formula is C22H17N3O2. The van der Waals surface area contributed by atoms with Gasteiger partial charge in [-0.05, 0) is 55.3 Å². The lowest BCUT2D eigenvalue weighted by atomic mass is 10.1. The molecule has 5 rings (SSSR count). The van der Waals surface area contributed by atoms with Gasteiger partial charge in [-0.15, -0.1) is 0 Å². The quantitative estimate of drug-likeness (QED) is 0.556. The Morgan fingerprint density at radius 2 is 2.04 bits per heavy atom. The van der Waals surface area contributed by atoms with Crippen molar-refractivity contribution in [1.29, 1.82) is 0 Å². The molecule has 4 aromatic rings. The van der Waals surface area contributed by atoms with Gasteiger partial charge in [0, 0.05) is 34.9 Å². The number of hydrogen-bond donors (Lipinski definition) is 1. The Morgan fingerprint density at radius 1 is 1.11 bits per heavy atom. The molecule has 1 aliphatic carbocycles. The van der Waals surface area contributed by atoms with Gasteiger partial charge in [0.2, 0.25) is 0 Å². The van der Waals surface area contributed by atoms with Crippen molar-refractivity contribution in [3.05, 3.63) is 71.7 Å². The van der Waals surface area contributed by atoms with Gasteiger partial charge in [-0.25, -0.2) is 4.98 Å². The van der Waals surface area contributed by atoms with Crippen molar-refractivity contribution in [3.8, 4) is 11.5 Å². The first kappa shape index (κ1) is 15.8. The second-order valence-electron chi connectivity index (χ2n) is 6.76. The molecule has 3 aromatic heterocycles. The summed E-state index contributed by atoms with van der Waals surface area (Å²) in [5.74, 6) is 0.902. The van der Waals surface area contributed by atoms with E-state index >= 15 is 0 Å². The van der Waals surface area contributed by atoms with E-state index in [2.05, 4.69) is 15.3 Å². The number of ketones is 1. The van der Waals surface area contributed by atoms with Crippen molar-refractivity contribution in [1.82, 2.24) is 9.97 Å². The third-order valence-electron chi connectivity index (χ3n) is 4.91. The van der Waals surface area contributed by atoms with Crippen molar-refractivity contribution in [2.45, 2.75) is 19.8 Å². The molecule has 132 valence electrons. The summed E-state index contributed by atoms with van der Waals surface area (Å²) in [7, 11) is 0. The van der Waals surface area contributed by atoms with Crippen LogP contribution >= 0.6 is 0 Å². The predicted octanol–water partition coefficient (Wildman–Crippen LogP) is 5.07. The maximum Gasteiger partial charge on any atom is 0.177 e. The van der Waals surface area contributed by atoms with Gasteiger partial charge >= 0.3 is 0 Å². The van der Waals surface area contributed by atoms with Crippen molar-refractivity contribution < 1.29 is 9.21 Å². The van der Waals surface area contributed by atoms with Crippen LogP contribution in [0.1, 0.15) is 28.0 Å². The van der Waals surface area contributed by atoms with E-state index in [9.17, 15) is 4.79 Å². The summed E-state index contributed by atoms with van der Waals surface area (Å²) < 4.78 is 6.08. The lowest BCUT2D eigenvalue weighted by Gasteiger charge is -2.09. The average molecular weight is 355 g/mol. The molecule has 5 nitrogen and oxygen atoms in total. The van der Waals surface area contributed by atoms with E-state index in [0.29, 0.717) is 17.8 Å². The maximum atomic E-state index is 11.9. The van der Waals surface area contributed by atoms with Crippen LogP contribution in [0.15, 0.2) is 59.3 Å². The van der Waals surface area contributed by atoms with Gasteiger partial charge in [-0.3, -0.25) is 9.78 Å². The fourth-order valence-electron chi connectivity index (χ4n) is 3.60. The third-order valence-corrected chi connectivity index (χ3v) is 4.91. The number of aromatic nitrogens is 2. The van der Waals surface area contributed by atoms with Crippen LogP contribution in [0.25, 0.3) is 22.4 Å². The standard InChI is InChI=1S/C22H17N3O2/c1-13-3-2-4-18(24-13)22-21(17-9-10-23-12-20(17)27-22)25-15-6-7-16-14(11-15)5-8-19(16)26/h2-4,6-7,9-12,25H,5,8H2,1H3. The van der Waals surface area contributed by atoms with E-state index in [-0.39, 0.29) is 5.78 Å². The van der Waals surface area contributed by atoms with Crippen LogP contribution in [0, 0.1) is 6.92 Å². The Kier molecular flexibility index (Phi) is 3.53. The number of nitrogens with one attached hydrogen (secondary N) is 1. The van der Waals surface area contributed by atoms with Crippen LogP contribution in [0.5, 0.6) is 0 Å². The number of anilines is 2. The molecule has 1 aromatic carbocycles. The van der Waals surface area contributed by atoms with Crippen molar-refractivity contribution >= 4 is 28.1 Å². The Labute approximate surface area is 156 Å². The highest BCUT2D eigenvalue weighted by atomic mass is 16.3. The number of benzene rings is 1. The van der Waals surface area contributed by atoms with Crippen LogP contribution in [0.2, 0.25) is 0 Å². The minimum absolute atomic E-state index is 0.223. The van der Waals surface area contributed by atoms with Crippen molar-refractivity contribution in [3.63, 3.8) is 0 Å². The summed E-state index contributed by atoms with van der Waals surface area (Å²) in [6.07, 6.45) is 4.85. The summed E-state index contributed by atoms with van der Waals surface area (Å²) in [6, 6.07) is 13.7. The SMILES string of the molecule is Cc1cccc(-c2oc3cnccc3c2Nc2ccc3c(c2)CCC3=O)n1. The number of rotatable bonds is 3. The van der Waals surface area contributed by atoms with E-state index in [1.807, 2.05) is 49.4 Å². The summed E-state index contributed by atoms with van der Waals surface area (Å²) >= 11 is 0. The lowest BCUT2D eigenvalue weighted by Crippen LogP contribution is -1.96. The third kappa shape index (κ3) is 2.68. The molecule has 0 unspecified atom stereocenters. The summed E-state index contributed by atoms with van der Waals surface area (Å²) in [4.78, 5) is 20.7. The number of Topliss-reactive ketones (excluding diaryl/α,β-unsaturated/α-hetero) is 1. The highest BCUT2D eigenvalue weighted by Crippen LogP contribution is 2.39. The highest BCUT2D eigenvalue weighted by Gasteiger charge is 2.21. The van der Waals surface area contributed by atoms with E-state index in [1.165, 1.54) is 0 Å². The number of hydrogen-bond acceptors (Lipinski definition) is 5. The molecule has 0 atom stereocenters. The smallest absolute Gasteiger partial charge is 0.177 e. The number of carbonyl (C=O) groups excluding carboxylic acids is 1. The highest BCUT2D eigenvalue weighted by molar-refractivity contribution is 6.02. The minimum atomic E-state index is 0.223. The van der Waals surface area contributed by atoms with Gasteiger partial charge in [0.05, 0.1) is 11.9 Å². The molecule has 0 saturated carbocycles. The molecule has 5 heteroatoms. The molecule has 1 aliphatic rings. The molecule has 0 fully saturated rings. The topological polar surface area (TPSA) is 68.0 Å². The number of furan rings is 1. The van der Waals surface area contributed by atoms with Crippen LogP contribution in [0.4, 0.5) is 11.4 Å². The summed E-state index contributed by atoms with van der Waals surface area (Å²) in [6.45, 7) is 1.96. The lowest BCUT2D eigenvalue weighted by molar-refractivity contribution is 0.0994. The van der Waals surface area contributed by atoms with E-state index < -0.39 is 0 Å². The zero-order chi connectivity index (χ0) is 18.4. The first-order valence-electron chi connectivity index (χ1n) is 8.93. The molecule has 3 heterocycles. The first-order valence-corrected chi connectivity index (χ1v) is 8.93. The molecule has 0 aliphatic heterocycles. The van der Waals surface area contributed by atoms with Crippen molar-refractivity contribution in [2.24, 2.45) is 0 Å². The Bertz CT molecular complexity index is 1190. The Balaban J connectivity index is 1.64. The Morgan fingerprint density at radius 3 is 2.93 bits per heavy atom. The van der Waals surface area contributed by atoms with E-state index in [4.69, 9.17) is 4.42 Å². The molecule has 1 N–H and O–H groups in total. The van der Waals surface area contributed by atoms with Crippen LogP contribution in [-0.2, 0) is 6.42 Å². The van der Waals surface area contributed by atoms with Gasteiger partial charge < -0.3 is 9.73 Å². The maximum absolute atomic E-state index is 11.9. The van der Waals surface area contributed by atoms with Crippen LogP contribution < -0.4 is 5.32 Å². The first-order chi connectivity index (χ1) is 13.2. The molecule has 0 saturated heterocycles. The van der Waals surface area contributed by atoms with E-state index in [1.54, 1.807) is 12.4 Å². The largest absolute Gasteiger partial charge is 0.451 e. The Hall–Kier alpha value is -3.47. The van der Waals surface area contributed by atoms with Gasteiger partial charge in [-0.2, -0.15) is 0 Å². The number of aryl methyl sites for hydroxylation is 2. The van der Waals surface area contributed by atoms with E-state index in [0.717, 1.165) is 45.7 Å². The summed E-state index contributed by atoms with van der Waals surface area (Å²) in [5, 5.41) is 4.43. The van der Waals surface area contributed by atoms with Gasteiger partial charge in [0.25, 0.3) is 0 Å². The average Bonchev–Trinajstić information content (AvgIpc) is 3.23. The molecule has 0 radical (unpaired) electrons. The zero-order valence-electron chi connectivity index (χ0n) is 14.8. The second kappa shape index (κ2) is 6.06. The number of fused-ring (bicyclic) bond motifs is 2. The minimum Gasteiger partial charge on any atom is -0.451 e. The van der Waals surface area contributed by atoms with Gasteiger partial charge in [0.1, 0.15) is 5.69 Å². The van der Waals surface area contributed by atoms with Gasteiger partial charge in [-0.1, -0.05) is 6.07 Å². The van der Waals surface area contributed by atoms with Gasteiger partial charge in [0.15, 0.2) is 17.1 Å². The molecule has 0 bridgehead atoms. The molecule has 0 amide bonds. The molecule has 0 spiro atoms. The normalized spacial score (nSPS) is 13.1. The predicted molar refractivity (Wildman–Crippen MR) is 104 cm³/mol. The fourth-order valence-corrected chi connectivity index (χ4v) is 3.60. The molecule has 27 heavy (non-hydrogen) atoms.